The molecule has 0 saturated carbocycles. The van der Waals surface area contributed by atoms with Gasteiger partial charge in [-0.1, -0.05) is 54.1 Å². The Balaban J connectivity index is 1.52. The van der Waals surface area contributed by atoms with Crippen LogP contribution in [0.5, 0.6) is 0 Å². The number of carbonyl (C=O) groups is 1. The van der Waals surface area contributed by atoms with E-state index in [2.05, 4.69) is 50.9 Å². The Morgan fingerprint density at radius 2 is 1.75 bits per heavy atom. The van der Waals surface area contributed by atoms with Gasteiger partial charge in [-0.25, -0.2) is 0 Å². The van der Waals surface area contributed by atoms with Crippen LogP contribution in [0.2, 0.25) is 0 Å². The van der Waals surface area contributed by atoms with E-state index in [0.29, 0.717) is 12.1 Å². The van der Waals surface area contributed by atoms with E-state index in [9.17, 15) is 4.79 Å². The fourth-order valence-electron chi connectivity index (χ4n) is 3.37. The molecule has 2 aromatic carbocycles. The molecule has 3 rings (SSSR count). The van der Waals surface area contributed by atoms with Gasteiger partial charge in [0.1, 0.15) is 0 Å². The van der Waals surface area contributed by atoms with E-state index in [0.717, 1.165) is 37.5 Å². The molecule has 0 aliphatic carbocycles. The number of aliphatic imine (C=N–C) groups is 1. The number of nitrogens with one attached hydrogen (secondary N) is 2. The van der Waals surface area contributed by atoms with Gasteiger partial charge in [-0.2, -0.15) is 0 Å². The van der Waals surface area contributed by atoms with E-state index in [1.807, 2.05) is 37.4 Å². The number of hydrogen-bond acceptors (Lipinski definition) is 2. The Bertz CT molecular complexity index is 831. The van der Waals surface area contributed by atoms with E-state index in [4.69, 9.17) is 0 Å². The Labute approximate surface area is 167 Å². The molecule has 0 bridgehead atoms. The van der Waals surface area contributed by atoms with Gasteiger partial charge < -0.3 is 15.5 Å². The maximum atomic E-state index is 11.6. The Hall–Kier alpha value is -3.08. The van der Waals surface area contributed by atoms with Crippen molar-refractivity contribution in [2.24, 2.45) is 4.99 Å². The first-order valence-electron chi connectivity index (χ1n) is 9.70. The third-order valence-corrected chi connectivity index (χ3v) is 4.98. The second-order valence-electron chi connectivity index (χ2n) is 6.88. The number of hydrogen-bond donors (Lipinski definition) is 2. The zero-order valence-electron chi connectivity index (χ0n) is 16.6. The fourth-order valence-corrected chi connectivity index (χ4v) is 3.37. The number of guanidine groups is 1. The van der Waals surface area contributed by atoms with Gasteiger partial charge in [-0.15, -0.1) is 0 Å². The van der Waals surface area contributed by atoms with E-state index in [1.165, 1.54) is 11.1 Å². The quantitative estimate of drug-likeness (QED) is 0.636. The number of benzene rings is 2. The molecule has 0 aromatic heterocycles. The summed E-state index contributed by atoms with van der Waals surface area (Å²) in [5.41, 5.74) is 4.55. The third-order valence-electron chi connectivity index (χ3n) is 4.98. The highest BCUT2D eigenvalue weighted by atomic mass is 16.1. The number of piperidine rings is 1. The smallest absolute Gasteiger partial charge is 0.251 e. The van der Waals surface area contributed by atoms with Crippen LogP contribution in [0.25, 0.3) is 6.08 Å². The van der Waals surface area contributed by atoms with Gasteiger partial charge in [0.15, 0.2) is 5.96 Å². The Morgan fingerprint density at radius 1 is 1.07 bits per heavy atom. The van der Waals surface area contributed by atoms with Crippen LogP contribution in [-0.2, 0) is 6.54 Å². The van der Waals surface area contributed by atoms with E-state index < -0.39 is 0 Å². The van der Waals surface area contributed by atoms with Crippen molar-refractivity contribution in [3.63, 3.8) is 0 Å². The standard InChI is InChI=1S/C23H28N4O/c1-24-22(28)21-10-8-20(9-11-21)17-26-23(25-2)27-14-12-19(13-15-27)16-18-6-4-3-5-7-18/h3-11,16H,12-15,17H2,1-2H3,(H,24,28)(H,25,26). The van der Waals surface area contributed by atoms with E-state index in [-0.39, 0.29) is 5.91 Å². The summed E-state index contributed by atoms with van der Waals surface area (Å²) in [5, 5.41) is 6.08. The van der Waals surface area contributed by atoms with Crippen molar-refractivity contribution in [2.45, 2.75) is 19.4 Å². The molecule has 146 valence electrons. The first-order chi connectivity index (χ1) is 13.7. The van der Waals surface area contributed by atoms with Crippen LogP contribution in [0, 0.1) is 0 Å². The molecule has 2 aromatic rings. The number of carbonyl (C=O) groups excluding carboxylic acids is 1. The molecule has 5 heteroatoms. The zero-order chi connectivity index (χ0) is 19.8. The average molecular weight is 377 g/mol. The van der Waals surface area contributed by atoms with Crippen molar-refractivity contribution in [1.82, 2.24) is 15.5 Å². The van der Waals surface area contributed by atoms with Crippen LogP contribution in [-0.4, -0.2) is 44.0 Å². The summed E-state index contributed by atoms with van der Waals surface area (Å²) < 4.78 is 0. The van der Waals surface area contributed by atoms with Gasteiger partial charge in [-0.05, 0) is 36.1 Å². The summed E-state index contributed by atoms with van der Waals surface area (Å²) in [6, 6.07) is 18.1. The molecule has 28 heavy (non-hydrogen) atoms. The van der Waals surface area contributed by atoms with Gasteiger partial charge in [0.2, 0.25) is 0 Å². The molecule has 0 atom stereocenters. The number of nitrogens with zero attached hydrogens (tertiary/aromatic N) is 2. The molecular formula is C23H28N4O. The highest BCUT2D eigenvalue weighted by molar-refractivity contribution is 5.93. The lowest BCUT2D eigenvalue weighted by Crippen LogP contribution is -2.44. The van der Waals surface area contributed by atoms with Crippen LogP contribution in [0.1, 0.15) is 34.3 Å². The predicted octanol–water partition coefficient (Wildman–Crippen LogP) is 3.30. The van der Waals surface area contributed by atoms with Crippen molar-refractivity contribution in [1.29, 1.82) is 0 Å². The van der Waals surface area contributed by atoms with Crippen molar-refractivity contribution < 1.29 is 4.79 Å². The highest BCUT2D eigenvalue weighted by Crippen LogP contribution is 2.19. The van der Waals surface area contributed by atoms with Crippen molar-refractivity contribution >= 4 is 17.9 Å². The summed E-state index contributed by atoms with van der Waals surface area (Å²) in [7, 11) is 3.47. The highest BCUT2D eigenvalue weighted by Gasteiger charge is 2.17. The molecule has 5 nitrogen and oxygen atoms in total. The van der Waals surface area contributed by atoms with Gasteiger partial charge >= 0.3 is 0 Å². The SMILES string of the molecule is CN=C(NCc1ccc(C(=O)NC)cc1)N1CCC(=Cc2ccccc2)CC1. The lowest BCUT2D eigenvalue weighted by molar-refractivity contribution is 0.0963. The number of likely N-dealkylation sites (tertiary alicyclic amines) is 1. The second-order valence-corrected chi connectivity index (χ2v) is 6.88. The Morgan fingerprint density at radius 3 is 2.36 bits per heavy atom. The molecule has 1 aliphatic heterocycles. The van der Waals surface area contributed by atoms with Gasteiger partial charge in [-0.3, -0.25) is 9.79 Å². The molecule has 1 heterocycles. The minimum atomic E-state index is -0.0667. The predicted molar refractivity (Wildman–Crippen MR) is 115 cm³/mol. The van der Waals surface area contributed by atoms with Crippen LogP contribution in [0.15, 0.2) is 65.2 Å². The van der Waals surface area contributed by atoms with E-state index >= 15 is 0 Å². The maximum Gasteiger partial charge on any atom is 0.251 e. The fraction of sp³-hybridized carbons (Fsp3) is 0.304. The van der Waals surface area contributed by atoms with Crippen LogP contribution < -0.4 is 10.6 Å². The van der Waals surface area contributed by atoms with Gasteiger partial charge in [0.05, 0.1) is 0 Å². The molecule has 1 amide bonds. The lowest BCUT2D eigenvalue weighted by Gasteiger charge is -2.31. The first kappa shape index (κ1) is 19.7. The summed E-state index contributed by atoms with van der Waals surface area (Å²) in [6.07, 6.45) is 4.41. The molecular weight excluding hydrogens is 348 g/mol. The van der Waals surface area contributed by atoms with Crippen LogP contribution in [0.4, 0.5) is 0 Å². The first-order valence-corrected chi connectivity index (χ1v) is 9.70. The van der Waals surface area contributed by atoms with Crippen molar-refractivity contribution in [2.75, 3.05) is 27.2 Å². The molecule has 1 saturated heterocycles. The Kier molecular flexibility index (Phi) is 6.84. The molecule has 1 fully saturated rings. The summed E-state index contributed by atoms with van der Waals surface area (Å²) in [5.74, 6) is 0.858. The molecule has 0 unspecified atom stereocenters. The van der Waals surface area contributed by atoms with Crippen molar-refractivity contribution in [3.8, 4) is 0 Å². The normalized spacial score (nSPS) is 14.6. The maximum absolute atomic E-state index is 11.6. The summed E-state index contributed by atoms with van der Waals surface area (Å²) >= 11 is 0. The van der Waals surface area contributed by atoms with Crippen molar-refractivity contribution in [3.05, 3.63) is 76.9 Å². The third kappa shape index (κ3) is 5.22. The topological polar surface area (TPSA) is 56.7 Å². The minimum absolute atomic E-state index is 0.0667. The summed E-state index contributed by atoms with van der Waals surface area (Å²) in [6.45, 7) is 2.62. The molecule has 0 radical (unpaired) electrons. The van der Waals surface area contributed by atoms with Gasteiger partial charge in [0, 0.05) is 39.3 Å². The number of amides is 1. The minimum Gasteiger partial charge on any atom is -0.355 e. The zero-order valence-corrected chi connectivity index (χ0v) is 16.6. The van der Waals surface area contributed by atoms with Crippen LogP contribution in [0.3, 0.4) is 0 Å². The van der Waals surface area contributed by atoms with Gasteiger partial charge in [0.25, 0.3) is 5.91 Å². The number of rotatable bonds is 4. The largest absolute Gasteiger partial charge is 0.355 e. The molecule has 2 N–H and O–H groups in total. The second kappa shape index (κ2) is 9.74. The summed E-state index contributed by atoms with van der Waals surface area (Å²) in [4.78, 5) is 18.4. The van der Waals surface area contributed by atoms with Crippen LogP contribution >= 0.6 is 0 Å². The monoisotopic (exact) mass is 376 g/mol. The lowest BCUT2D eigenvalue weighted by atomic mass is 10.0. The molecule has 0 spiro atoms. The average Bonchev–Trinajstić information content (AvgIpc) is 2.76. The molecule has 1 aliphatic rings. The van der Waals surface area contributed by atoms with E-state index in [1.54, 1.807) is 7.05 Å².